The predicted octanol–water partition coefficient (Wildman–Crippen LogP) is 4.46. The van der Waals surface area contributed by atoms with E-state index in [0.29, 0.717) is 29.8 Å². The Bertz CT molecular complexity index is 1390. The Morgan fingerprint density at radius 2 is 1.72 bits per heavy atom. The van der Waals surface area contributed by atoms with Crippen LogP contribution in [0, 0.1) is 11.6 Å². The number of hydrogen-bond acceptors (Lipinski definition) is 7. The summed E-state index contributed by atoms with van der Waals surface area (Å²) in [5.74, 6) is -2.42. The Kier molecular flexibility index (Phi) is 7.55. The van der Waals surface area contributed by atoms with E-state index in [1.807, 2.05) is 7.05 Å². The molecular formula is C26H24F2N4O4. The van der Waals surface area contributed by atoms with Crippen LogP contribution in [0.5, 0.6) is 23.0 Å². The number of amides is 1. The first-order valence-electron chi connectivity index (χ1n) is 11.2. The van der Waals surface area contributed by atoms with Gasteiger partial charge in [0.15, 0.2) is 17.4 Å². The van der Waals surface area contributed by atoms with Gasteiger partial charge >= 0.3 is 0 Å². The fourth-order valence-electron chi connectivity index (χ4n) is 3.63. The number of rotatable bonds is 10. The second-order valence-corrected chi connectivity index (χ2v) is 7.64. The maximum absolute atomic E-state index is 15.1. The fourth-order valence-corrected chi connectivity index (χ4v) is 3.63. The van der Waals surface area contributed by atoms with Crippen molar-refractivity contribution in [3.05, 3.63) is 72.1 Å². The predicted molar refractivity (Wildman–Crippen MR) is 131 cm³/mol. The van der Waals surface area contributed by atoms with Crippen LogP contribution in [-0.2, 0) is 0 Å². The lowest BCUT2D eigenvalue weighted by atomic mass is 10.0. The summed E-state index contributed by atoms with van der Waals surface area (Å²) in [5, 5.41) is 3.53. The van der Waals surface area contributed by atoms with Crippen LogP contribution in [-0.4, -0.2) is 42.7 Å². The van der Waals surface area contributed by atoms with Gasteiger partial charge in [0.05, 0.1) is 17.8 Å². The maximum atomic E-state index is 15.1. The van der Waals surface area contributed by atoms with Crippen molar-refractivity contribution in [2.45, 2.75) is 6.92 Å². The standard InChI is InChI=1S/C26H24F2N4O4/c1-3-34-22-7-9-32-24(23(22)26(29)33)15-12-18(27)25(19(28)13-15)36-21-6-8-31-20-14-16(4-5-17(20)21)35-11-10-30-2/h4-9,12-14,30H,3,10-11H2,1-2H3,(H2,29,33). The van der Waals surface area contributed by atoms with Gasteiger partial charge in [-0.3, -0.25) is 14.8 Å². The smallest absolute Gasteiger partial charge is 0.254 e. The van der Waals surface area contributed by atoms with Crippen LogP contribution < -0.4 is 25.3 Å². The Morgan fingerprint density at radius 1 is 1.00 bits per heavy atom. The monoisotopic (exact) mass is 494 g/mol. The van der Waals surface area contributed by atoms with Crippen molar-refractivity contribution in [2.24, 2.45) is 5.73 Å². The van der Waals surface area contributed by atoms with Crippen molar-refractivity contribution in [1.29, 1.82) is 0 Å². The zero-order valence-electron chi connectivity index (χ0n) is 19.7. The third kappa shape index (κ3) is 5.18. The molecule has 186 valence electrons. The molecule has 36 heavy (non-hydrogen) atoms. The minimum Gasteiger partial charge on any atom is -0.493 e. The molecule has 0 unspecified atom stereocenters. The van der Waals surface area contributed by atoms with Crippen molar-refractivity contribution in [2.75, 3.05) is 26.8 Å². The number of fused-ring (bicyclic) bond motifs is 1. The van der Waals surface area contributed by atoms with Gasteiger partial charge in [0.25, 0.3) is 5.91 Å². The average Bonchev–Trinajstić information content (AvgIpc) is 2.86. The number of nitrogens with two attached hydrogens (primary N) is 1. The molecule has 2 aromatic heterocycles. The van der Waals surface area contributed by atoms with Crippen molar-refractivity contribution in [3.63, 3.8) is 0 Å². The number of halogens is 2. The van der Waals surface area contributed by atoms with Gasteiger partial charge in [0.1, 0.15) is 29.4 Å². The SMILES string of the molecule is CCOc1ccnc(-c2cc(F)c(Oc3ccnc4cc(OCCNC)ccc34)c(F)c2)c1C(N)=O. The third-order valence-electron chi connectivity index (χ3n) is 5.24. The van der Waals surface area contributed by atoms with E-state index in [4.69, 9.17) is 19.9 Å². The lowest BCUT2D eigenvalue weighted by Gasteiger charge is -2.14. The van der Waals surface area contributed by atoms with Crippen molar-refractivity contribution < 1.29 is 27.8 Å². The first-order chi connectivity index (χ1) is 17.4. The second-order valence-electron chi connectivity index (χ2n) is 7.64. The molecule has 0 bridgehead atoms. The van der Waals surface area contributed by atoms with E-state index in [9.17, 15) is 4.79 Å². The van der Waals surface area contributed by atoms with Gasteiger partial charge in [0, 0.05) is 36.0 Å². The second kappa shape index (κ2) is 11.0. The van der Waals surface area contributed by atoms with Gasteiger partial charge in [-0.1, -0.05) is 0 Å². The zero-order chi connectivity index (χ0) is 25.7. The molecule has 3 N–H and O–H groups in total. The number of ether oxygens (including phenoxy) is 3. The number of pyridine rings is 2. The van der Waals surface area contributed by atoms with Crippen molar-refractivity contribution in [3.8, 4) is 34.3 Å². The molecule has 0 atom stereocenters. The van der Waals surface area contributed by atoms with Gasteiger partial charge in [-0.05, 0) is 50.4 Å². The normalized spacial score (nSPS) is 10.9. The van der Waals surface area contributed by atoms with Crippen LogP contribution in [0.4, 0.5) is 8.78 Å². The van der Waals surface area contributed by atoms with Crippen LogP contribution in [0.3, 0.4) is 0 Å². The number of hydrogen-bond donors (Lipinski definition) is 2. The highest BCUT2D eigenvalue weighted by atomic mass is 19.1. The molecule has 2 heterocycles. The fraction of sp³-hybridized carbons (Fsp3) is 0.192. The molecule has 0 aliphatic heterocycles. The van der Waals surface area contributed by atoms with Crippen LogP contribution in [0.1, 0.15) is 17.3 Å². The number of benzene rings is 2. The average molecular weight is 494 g/mol. The number of nitrogens with one attached hydrogen (secondary N) is 1. The quantitative estimate of drug-likeness (QED) is 0.313. The van der Waals surface area contributed by atoms with Crippen LogP contribution in [0.15, 0.2) is 54.9 Å². The van der Waals surface area contributed by atoms with E-state index in [0.717, 1.165) is 12.1 Å². The number of carbonyl (C=O) groups is 1. The molecule has 10 heteroatoms. The molecule has 0 radical (unpaired) electrons. The molecular weight excluding hydrogens is 470 g/mol. The highest BCUT2D eigenvalue weighted by molar-refractivity contribution is 6.01. The van der Waals surface area contributed by atoms with E-state index in [-0.39, 0.29) is 34.9 Å². The van der Waals surface area contributed by atoms with Gasteiger partial charge in [-0.15, -0.1) is 0 Å². The van der Waals surface area contributed by atoms with E-state index in [1.165, 1.54) is 24.5 Å². The number of primary amides is 1. The summed E-state index contributed by atoms with van der Waals surface area (Å²) in [6.45, 7) is 3.15. The largest absolute Gasteiger partial charge is 0.493 e. The summed E-state index contributed by atoms with van der Waals surface area (Å²) in [5.41, 5.74) is 5.97. The van der Waals surface area contributed by atoms with Crippen molar-refractivity contribution in [1.82, 2.24) is 15.3 Å². The lowest BCUT2D eigenvalue weighted by molar-refractivity contribution is 0.0997. The highest BCUT2D eigenvalue weighted by Gasteiger charge is 2.22. The Labute approximate surface area is 206 Å². The third-order valence-corrected chi connectivity index (χ3v) is 5.24. The number of carbonyl (C=O) groups excluding carboxylic acids is 1. The van der Waals surface area contributed by atoms with E-state index >= 15 is 8.78 Å². The molecule has 0 saturated heterocycles. The summed E-state index contributed by atoms with van der Waals surface area (Å²) in [6.07, 6.45) is 2.84. The molecule has 4 rings (SSSR count). The first-order valence-corrected chi connectivity index (χ1v) is 11.2. The molecule has 0 fully saturated rings. The molecule has 0 saturated carbocycles. The highest BCUT2D eigenvalue weighted by Crippen LogP contribution is 2.37. The van der Waals surface area contributed by atoms with Crippen LogP contribution in [0.25, 0.3) is 22.2 Å². The van der Waals surface area contributed by atoms with Gasteiger partial charge < -0.3 is 25.3 Å². The minimum absolute atomic E-state index is 0.00189. The molecule has 0 aliphatic carbocycles. The van der Waals surface area contributed by atoms with Crippen LogP contribution in [0.2, 0.25) is 0 Å². The van der Waals surface area contributed by atoms with E-state index < -0.39 is 23.3 Å². The molecule has 2 aromatic carbocycles. The van der Waals surface area contributed by atoms with Crippen molar-refractivity contribution >= 4 is 16.8 Å². The molecule has 8 nitrogen and oxygen atoms in total. The first kappa shape index (κ1) is 24.8. The Morgan fingerprint density at radius 3 is 2.42 bits per heavy atom. The van der Waals surface area contributed by atoms with E-state index in [1.54, 1.807) is 25.1 Å². The topological polar surface area (TPSA) is 109 Å². The number of likely N-dealkylation sites (N-methyl/N-ethyl adjacent to an activating group) is 1. The molecule has 0 spiro atoms. The molecule has 0 aliphatic rings. The lowest BCUT2D eigenvalue weighted by Crippen LogP contribution is -2.15. The zero-order valence-corrected chi connectivity index (χ0v) is 19.7. The number of aromatic nitrogens is 2. The summed E-state index contributed by atoms with van der Waals surface area (Å²) >= 11 is 0. The number of nitrogens with zero attached hydrogens (tertiary/aromatic N) is 2. The van der Waals surface area contributed by atoms with E-state index in [2.05, 4.69) is 15.3 Å². The summed E-state index contributed by atoms with van der Waals surface area (Å²) in [6, 6.07) is 10.2. The Hall–Kier alpha value is -4.31. The Balaban J connectivity index is 1.68. The van der Waals surface area contributed by atoms with Gasteiger partial charge in [-0.2, -0.15) is 0 Å². The van der Waals surface area contributed by atoms with Gasteiger partial charge in [0.2, 0.25) is 0 Å². The molecule has 4 aromatic rings. The van der Waals surface area contributed by atoms with Crippen LogP contribution >= 0.6 is 0 Å². The summed E-state index contributed by atoms with van der Waals surface area (Å²) < 4.78 is 47.0. The molecule has 1 amide bonds. The minimum atomic E-state index is -0.985. The van der Waals surface area contributed by atoms with Gasteiger partial charge in [-0.25, -0.2) is 8.78 Å². The summed E-state index contributed by atoms with van der Waals surface area (Å²) in [4.78, 5) is 20.5. The summed E-state index contributed by atoms with van der Waals surface area (Å²) in [7, 11) is 1.82. The maximum Gasteiger partial charge on any atom is 0.254 e.